The van der Waals surface area contributed by atoms with Gasteiger partial charge in [-0.05, 0) is 29.2 Å². The molecule has 0 N–H and O–H groups in total. The third-order valence-electron chi connectivity index (χ3n) is 3.70. The van der Waals surface area contributed by atoms with E-state index in [-0.39, 0.29) is 0 Å². The summed E-state index contributed by atoms with van der Waals surface area (Å²) in [6.45, 7) is 1.10. The molecule has 0 atom stereocenters. The number of fused-ring (bicyclic) bond motifs is 2. The van der Waals surface area contributed by atoms with Crippen molar-refractivity contribution in [3.8, 4) is 0 Å². The third kappa shape index (κ3) is 1.19. The molecule has 1 nitrogen and oxygen atoms in total. The lowest BCUT2D eigenvalue weighted by atomic mass is 10.1. The van der Waals surface area contributed by atoms with Gasteiger partial charge in [-0.3, -0.25) is 0 Å². The Balaban J connectivity index is 2.05. The predicted octanol–water partition coefficient (Wildman–Crippen LogP) is 3.86. The fourth-order valence-corrected chi connectivity index (χ4v) is 2.92. The van der Waals surface area contributed by atoms with Gasteiger partial charge >= 0.3 is 0 Å². The molecule has 0 fully saturated rings. The Morgan fingerprint density at radius 2 is 1.65 bits per heavy atom. The first-order valence-corrected chi connectivity index (χ1v) is 6.10. The van der Waals surface area contributed by atoms with Crippen molar-refractivity contribution in [2.24, 2.45) is 0 Å². The van der Waals surface area contributed by atoms with Crippen LogP contribution in [-0.2, 0) is 6.42 Å². The van der Waals surface area contributed by atoms with Crippen LogP contribution in [0.3, 0.4) is 0 Å². The van der Waals surface area contributed by atoms with Gasteiger partial charge in [-0.1, -0.05) is 48.6 Å². The highest BCUT2D eigenvalue weighted by Gasteiger charge is 2.25. The van der Waals surface area contributed by atoms with Crippen LogP contribution < -0.4 is 4.90 Å². The van der Waals surface area contributed by atoms with Crippen LogP contribution in [0.4, 0.5) is 11.4 Å². The molecular weight excluding hydrogens is 206 g/mol. The fraction of sp³-hybridized carbons (Fsp3) is 0.125. The maximum atomic E-state index is 2.46. The molecule has 2 aromatic rings. The molecule has 82 valence electrons. The Morgan fingerprint density at radius 1 is 0.824 bits per heavy atom. The van der Waals surface area contributed by atoms with E-state index in [0.717, 1.165) is 13.0 Å². The highest BCUT2D eigenvalue weighted by atomic mass is 15.2. The summed E-state index contributed by atoms with van der Waals surface area (Å²) in [7, 11) is 0. The summed E-state index contributed by atoms with van der Waals surface area (Å²) in [6.07, 6.45) is 5.62. The minimum Gasteiger partial charge on any atom is -0.340 e. The molecule has 2 aromatic carbocycles. The van der Waals surface area contributed by atoms with Crippen molar-refractivity contribution in [2.45, 2.75) is 6.42 Å². The first kappa shape index (κ1) is 9.06. The minimum absolute atomic E-state index is 1.10. The number of rotatable bonds is 0. The topological polar surface area (TPSA) is 3.24 Å². The van der Waals surface area contributed by atoms with E-state index in [9.17, 15) is 0 Å². The van der Waals surface area contributed by atoms with E-state index in [0.29, 0.717) is 0 Å². The average Bonchev–Trinajstić information content (AvgIpc) is 2.73. The van der Waals surface area contributed by atoms with Crippen LogP contribution in [0.1, 0.15) is 16.7 Å². The lowest BCUT2D eigenvalue weighted by Crippen LogP contribution is -2.14. The molecule has 0 saturated carbocycles. The minimum atomic E-state index is 1.10. The highest BCUT2D eigenvalue weighted by molar-refractivity contribution is 5.91. The Labute approximate surface area is 101 Å². The van der Waals surface area contributed by atoms with E-state index >= 15 is 0 Å². The van der Waals surface area contributed by atoms with Gasteiger partial charge < -0.3 is 4.90 Å². The zero-order valence-electron chi connectivity index (χ0n) is 9.56. The molecule has 0 radical (unpaired) electrons. The maximum absolute atomic E-state index is 2.46. The Morgan fingerprint density at radius 3 is 2.65 bits per heavy atom. The first-order valence-electron chi connectivity index (χ1n) is 6.10. The summed E-state index contributed by atoms with van der Waals surface area (Å²) in [6, 6.07) is 15.3. The molecular formula is C16H13N. The van der Waals surface area contributed by atoms with Gasteiger partial charge in [0.25, 0.3) is 0 Å². The van der Waals surface area contributed by atoms with Crippen LogP contribution in [0.25, 0.3) is 12.2 Å². The number of nitrogens with zero attached hydrogens (tertiary/aromatic N) is 1. The van der Waals surface area contributed by atoms with E-state index in [4.69, 9.17) is 0 Å². The second-order valence-electron chi connectivity index (χ2n) is 4.65. The SMILES string of the molecule is C1=Cc2cccc3c2N(CC3)c2ccccc21. The van der Waals surface area contributed by atoms with Gasteiger partial charge in [-0.2, -0.15) is 0 Å². The van der Waals surface area contributed by atoms with Crippen LogP contribution in [0, 0.1) is 0 Å². The van der Waals surface area contributed by atoms with E-state index in [1.807, 2.05) is 0 Å². The molecule has 2 aliphatic rings. The lowest BCUT2D eigenvalue weighted by molar-refractivity contribution is 0.997. The van der Waals surface area contributed by atoms with Crippen LogP contribution in [0.5, 0.6) is 0 Å². The summed E-state index contributed by atoms with van der Waals surface area (Å²) >= 11 is 0. The predicted molar refractivity (Wildman–Crippen MR) is 72.5 cm³/mol. The molecule has 0 bridgehead atoms. The molecule has 0 amide bonds. The maximum Gasteiger partial charge on any atom is 0.0517 e. The van der Waals surface area contributed by atoms with Crippen molar-refractivity contribution in [3.05, 3.63) is 59.2 Å². The van der Waals surface area contributed by atoms with Crippen molar-refractivity contribution < 1.29 is 0 Å². The Kier molecular flexibility index (Phi) is 1.72. The fourth-order valence-electron chi connectivity index (χ4n) is 2.92. The standard InChI is InChI=1S/C16H13N/c1-2-7-15-12(4-1)8-9-13-5-3-6-14-10-11-17(15)16(13)14/h1-9H,10-11H2. The summed E-state index contributed by atoms with van der Waals surface area (Å²) < 4.78 is 0. The smallest absolute Gasteiger partial charge is 0.0517 e. The largest absolute Gasteiger partial charge is 0.340 e. The summed E-state index contributed by atoms with van der Waals surface area (Å²) in [4.78, 5) is 2.46. The zero-order chi connectivity index (χ0) is 11.2. The Hall–Kier alpha value is -2.02. The van der Waals surface area contributed by atoms with Crippen LogP contribution in [0.2, 0.25) is 0 Å². The number of benzene rings is 2. The molecule has 0 spiro atoms. The van der Waals surface area contributed by atoms with Gasteiger partial charge in [0.15, 0.2) is 0 Å². The average molecular weight is 219 g/mol. The summed E-state index contributed by atoms with van der Waals surface area (Å²) in [5.74, 6) is 0. The van der Waals surface area contributed by atoms with Gasteiger partial charge in [0.2, 0.25) is 0 Å². The second kappa shape index (κ2) is 3.24. The van der Waals surface area contributed by atoms with Gasteiger partial charge in [0.05, 0.1) is 5.69 Å². The lowest BCUT2D eigenvalue weighted by Gasteiger charge is -2.21. The second-order valence-corrected chi connectivity index (χ2v) is 4.65. The molecule has 0 aliphatic carbocycles. The van der Waals surface area contributed by atoms with Crippen molar-refractivity contribution in [2.75, 3.05) is 11.4 Å². The molecule has 17 heavy (non-hydrogen) atoms. The summed E-state index contributed by atoms with van der Waals surface area (Å²) in [5, 5.41) is 0. The van der Waals surface area contributed by atoms with Gasteiger partial charge in [0.1, 0.15) is 0 Å². The zero-order valence-corrected chi connectivity index (χ0v) is 9.56. The van der Waals surface area contributed by atoms with Gasteiger partial charge in [0, 0.05) is 12.2 Å². The monoisotopic (exact) mass is 219 g/mol. The Bertz CT molecular complexity index is 625. The normalized spacial score (nSPS) is 15.4. The molecule has 1 heteroatoms. The number of hydrogen-bond acceptors (Lipinski definition) is 1. The highest BCUT2D eigenvalue weighted by Crippen LogP contribution is 2.41. The van der Waals surface area contributed by atoms with Crippen LogP contribution in [0.15, 0.2) is 42.5 Å². The van der Waals surface area contributed by atoms with Crippen LogP contribution in [-0.4, -0.2) is 6.54 Å². The number of hydrogen-bond donors (Lipinski definition) is 0. The van der Waals surface area contributed by atoms with Crippen LogP contribution >= 0.6 is 0 Å². The van der Waals surface area contributed by atoms with Crippen molar-refractivity contribution in [3.63, 3.8) is 0 Å². The molecule has 0 aromatic heterocycles. The van der Waals surface area contributed by atoms with E-state index < -0.39 is 0 Å². The molecule has 2 aliphatic heterocycles. The first-order chi connectivity index (χ1) is 8.43. The number of anilines is 2. The molecule has 4 rings (SSSR count). The van der Waals surface area contributed by atoms with Crippen molar-refractivity contribution >= 4 is 23.5 Å². The molecule has 0 unspecified atom stereocenters. The van der Waals surface area contributed by atoms with Gasteiger partial charge in [-0.15, -0.1) is 0 Å². The van der Waals surface area contributed by atoms with E-state index in [1.54, 1.807) is 0 Å². The molecule has 0 saturated heterocycles. The van der Waals surface area contributed by atoms with E-state index in [1.165, 1.54) is 28.1 Å². The third-order valence-corrected chi connectivity index (χ3v) is 3.70. The number of para-hydroxylation sites is 2. The van der Waals surface area contributed by atoms with Gasteiger partial charge in [-0.25, -0.2) is 0 Å². The van der Waals surface area contributed by atoms with Crippen molar-refractivity contribution in [1.82, 2.24) is 0 Å². The van der Waals surface area contributed by atoms with E-state index in [2.05, 4.69) is 59.5 Å². The van der Waals surface area contributed by atoms with Crippen molar-refractivity contribution in [1.29, 1.82) is 0 Å². The summed E-state index contributed by atoms with van der Waals surface area (Å²) in [5.41, 5.74) is 6.89. The quantitative estimate of drug-likeness (QED) is 0.650. The molecule has 2 heterocycles.